The molecule has 0 N–H and O–H groups in total. The lowest BCUT2D eigenvalue weighted by molar-refractivity contribution is -0.138. The van der Waals surface area contributed by atoms with E-state index < -0.39 is 23.5 Å². The minimum atomic E-state index is -4.48. The Kier molecular flexibility index (Phi) is 4.97. The van der Waals surface area contributed by atoms with Crippen LogP contribution in [0.1, 0.15) is 21.5 Å². The maximum absolute atomic E-state index is 12.7. The van der Waals surface area contributed by atoms with E-state index in [4.69, 9.17) is 0 Å². The molecule has 0 saturated carbocycles. The molecule has 1 heterocycles. The fourth-order valence-corrected chi connectivity index (χ4v) is 2.64. The number of benzene rings is 2. The number of hydrogen-bond donors (Lipinski definition) is 0. The second-order valence-corrected chi connectivity index (χ2v) is 5.93. The highest BCUT2D eigenvalue weighted by molar-refractivity contribution is 5.88. The van der Waals surface area contributed by atoms with Crippen molar-refractivity contribution >= 4 is 6.29 Å². The smallest absolute Gasteiger partial charge is 0.298 e. The molecule has 0 bridgehead atoms. The van der Waals surface area contributed by atoms with Crippen molar-refractivity contribution in [3.05, 3.63) is 77.5 Å². The quantitative estimate of drug-likeness (QED) is 0.387. The molecule has 0 amide bonds. The van der Waals surface area contributed by atoms with Crippen LogP contribution in [0.15, 0.2) is 60.8 Å². The summed E-state index contributed by atoms with van der Waals surface area (Å²) in [6.45, 7) is 0. The first-order valence-corrected chi connectivity index (χ1v) is 7.90. The molecule has 2 aromatic carbocycles. The molecule has 0 fully saturated rings. The predicted molar refractivity (Wildman–Crippen MR) is 90.5 cm³/mol. The molecule has 0 aliphatic carbocycles. The Hall–Kier alpha value is -3.16. The van der Waals surface area contributed by atoms with Gasteiger partial charge in [0.25, 0.3) is 0 Å². The highest BCUT2D eigenvalue weighted by atomic mass is 19.4. The third kappa shape index (κ3) is 4.05. The molecular formula is C20H11F6NO. The highest BCUT2D eigenvalue weighted by Crippen LogP contribution is 2.33. The van der Waals surface area contributed by atoms with Gasteiger partial charge in [0.15, 0.2) is 6.29 Å². The van der Waals surface area contributed by atoms with Crippen LogP contribution in [0.3, 0.4) is 0 Å². The van der Waals surface area contributed by atoms with E-state index in [9.17, 15) is 31.1 Å². The van der Waals surface area contributed by atoms with Gasteiger partial charge in [0.1, 0.15) is 0 Å². The zero-order valence-corrected chi connectivity index (χ0v) is 14.0. The lowest BCUT2D eigenvalue weighted by Gasteiger charge is -2.11. The summed E-state index contributed by atoms with van der Waals surface area (Å²) in [5, 5.41) is 0. The van der Waals surface area contributed by atoms with Crippen LogP contribution in [-0.4, -0.2) is 11.3 Å². The molecule has 3 rings (SSSR count). The molecule has 28 heavy (non-hydrogen) atoms. The molecular weight excluding hydrogens is 384 g/mol. The normalized spacial score (nSPS) is 12.1. The largest absolute Gasteiger partial charge is 0.416 e. The Morgan fingerprint density at radius 2 is 1.14 bits per heavy atom. The van der Waals surface area contributed by atoms with Crippen molar-refractivity contribution < 1.29 is 31.1 Å². The Labute approximate surface area is 155 Å². The second kappa shape index (κ2) is 7.10. The predicted octanol–water partition coefficient (Wildman–Crippen LogP) is 6.27. The van der Waals surface area contributed by atoms with Gasteiger partial charge in [-0.25, -0.2) is 0 Å². The molecule has 0 radical (unpaired) electrons. The monoisotopic (exact) mass is 395 g/mol. The molecule has 0 saturated heterocycles. The number of carbonyl (C=O) groups excluding carboxylic acids is 1. The van der Waals surface area contributed by atoms with Gasteiger partial charge in [0, 0.05) is 22.9 Å². The van der Waals surface area contributed by atoms with Crippen LogP contribution in [-0.2, 0) is 12.4 Å². The molecule has 8 heteroatoms. The third-order valence-electron chi connectivity index (χ3n) is 4.08. The van der Waals surface area contributed by atoms with Crippen LogP contribution in [0.2, 0.25) is 0 Å². The first kappa shape index (κ1) is 19.6. The van der Waals surface area contributed by atoms with E-state index in [2.05, 4.69) is 4.98 Å². The number of aldehydes is 1. The van der Waals surface area contributed by atoms with Crippen molar-refractivity contribution in [2.75, 3.05) is 0 Å². The number of hydrogen-bond acceptors (Lipinski definition) is 2. The maximum Gasteiger partial charge on any atom is 0.416 e. The van der Waals surface area contributed by atoms with Crippen LogP contribution < -0.4 is 0 Å². The number of carbonyl (C=O) groups is 1. The minimum Gasteiger partial charge on any atom is -0.298 e. The highest BCUT2D eigenvalue weighted by Gasteiger charge is 2.31. The third-order valence-corrected chi connectivity index (χ3v) is 4.08. The van der Waals surface area contributed by atoms with Crippen LogP contribution in [0.25, 0.3) is 22.4 Å². The van der Waals surface area contributed by atoms with Crippen molar-refractivity contribution in [3.8, 4) is 22.4 Å². The second-order valence-electron chi connectivity index (χ2n) is 5.93. The summed E-state index contributed by atoms with van der Waals surface area (Å²) in [5.74, 6) is 0. The fraction of sp³-hybridized carbons (Fsp3) is 0.100. The molecule has 0 aliphatic rings. The number of halogens is 6. The van der Waals surface area contributed by atoms with Gasteiger partial charge in [-0.15, -0.1) is 0 Å². The molecule has 3 aromatic rings. The summed E-state index contributed by atoms with van der Waals surface area (Å²) in [5.41, 5.74) is -0.203. The van der Waals surface area contributed by atoms with E-state index in [1.165, 1.54) is 36.5 Å². The van der Waals surface area contributed by atoms with Crippen LogP contribution in [0, 0.1) is 0 Å². The van der Waals surface area contributed by atoms with Crippen molar-refractivity contribution in [1.82, 2.24) is 4.98 Å². The molecule has 2 nitrogen and oxygen atoms in total. The Morgan fingerprint density at radius 3 is 1.57 bits per heavy atom. The summed E-state index contributed by atoms with van der Waals surface area (Å²) < 4.78 is 76.0. The Morgan fingerprint density at radius 1 is 0.679 bits per heavy atom. The molecule has 1 aromatic heterocycles. The van der Waals surface area contributed by atoms with Crippen molar-refractivity contribution in [2.24, 2.45) is 0 Å². The molecule has 0 spiro atoms. The van der Waals surface area contributed by atoms with Gasteiger partial charge in [0.05, 0.1) is 16.8 Å². The van der Waals surface area contributed by atoms with Crippen molar-refractivity contribution in [1.29, 1.82) is 0 Å². The van der Waals surface area contributed by atoms with E-state index in [0.717, 1.165) is 24.3 Å². The van der Waals surface area contributed by atoms with Crippen LogP contribution >= 0.6 is 0 Å². The maximum atomic E-state index is 12.7. The average molecular weight is 395 g/mol. The summed E-state index contributed by atoms with van der Waals surface area (Å²) in [6.07, 6.45) is -7.10. The van der Waals surface area contributed by atoms with Crippen molar-refractivity contribution in [3.63, 3.8) is 0 Å². The van der Waals surface area contributed by atoms with Crippen LogP contribution in [0.4, 0.5) is 26.3 Å². The van der Waals surface area contributed by atoms with Gasteiger partial charge in [-0.3, -0.25) is 9.78 Å². The number of alkyl halides is 6. The number of pyridine rings is 1. The average Bonchev–Trinajstić information content (AvgIpc) is 2.66. The van der Waals surface area contributed by atoms with Crippen molar-refractivity contribution in [2.45, 2.75) is 12.4 Å². The fourth-order valence-electron chi connectivity index (χ4n) is 2.64. The number of rotatable bonds is 3. The lowest BCUT2D eigenvalue weighted by Crippen LogP contribution is -2.04. The van der Waals surface area contributed by atoms with Gasteiger partial charge in [0.2, 0.25) is 0 Å². The summed E-state index contributed by atoms with van der Waals surface area (Å²) in [7, 11) is 0. The minimum absolute atomic E-state index is 0.108. The van der Waals surface area contributed by atoms with E-state index >= 15 is 0 Å². The first-order valence-electron chi connectivity index (χ1n) is 7.90. The van der Waals surface area contributed by atoms with Crippen LogP contribution in [0.5, 0.6) is 0 Å². The zero-order chi connectivity index (χ0) is 20.5. The molecule has 0 atom stereocenters. The van der Waals surface area contributed by atoms with Gasteiger partial charge in [-0.2, -0.15) is 26.3 Å². The summed E-state index contributed by atoms with van der Waals surface area (Å²) >= 11 is 0. The van der Waals surface area contributed by atoms with Gasteiger partial charge >= 0.3 is 12.4 Å². The van der Waals surface area contributed by atoms with E-state index in [0.29, 0.717) is 23.0 Å². The summed E-state index contributed by atoms with van der Waals surface area (Å²) in [4.78, 5) is 15.6. The zero-order valence-electron chi connectivity index (χ0n) is 14.0. The molecule has 144 valence electrons. The SMILES string of the molecule is O=Cc1cc(-c2ccc(C(F)(F)F)cc2)cnc1-c1ccc(C(F)(F)F)cc1. The van der Waals surface area contributed by atoms with E-state index in [-0.39, 0.29) is 11.3 Å². The molecule has 0 unspecified atom stereocenters. The van der Waals surface area contributed by atoms with E-state index in [1.807, 2.05) is 0 Å². The van der Waals surface area contributed by atoms with Gasteiger partial charge in [-0.05, 0) is 35.9 Å². The van der Waals surface area contributed by atoms with E-state index in [1.54, 1.807) is 0 Å². The molecule has 0 aliphatic heterocycles. The lowest BCUT2D eigenvalue weighted by atomic mass is 10.00. The van der Waals surface area contributed by atoms with Gasteiger partial charge in [-0.1, -0.05) is 24.3 Å². The van der Waals surface area contributed by atoms with Gasteiger partial charge < -0.3 is 0 Å². The standard InChI is InChI=1S/C20H11F6NO/c21-19(22,23)16-5-1-12(2-6-16)14-9-15(11-28)18(27-10-14)13-3-7-17(8-4-13)20(24,25)26/h1-11H. The number of nitrogens with zero attached hydrogens (tertiary/aromatic N) is 1. The summed E-state index contributed by atoms with van der Waals surface area (Å²) in [6, 6.07) is 9.95. The Bertz CT molecular complexity index is 989. The Balaban J connectivity index is 1.96. The first-order chi connectivity index (χ1) is 13.1. The topological polar surface area (TPSA) is 30.0 Å². The number of aromatic nitrogens is 1.